The average molecular weight is 436 g/mol. The minimum atomic E-state index is 0.711. The molecule has 0 saturated heterocycles. The molecule has 6 heteroatoms. The Hall–Kier alpha value is -4.19. The molecule has 33 heavy (non-hydrogen) atoms. The summed E-state index contributed by atoms with van der Waals surface area (Å²) in [4.78, 5) is 9.50. The molecular formula is C27H25N5O. The fraction of sp³-hybridized carbons (Fsp3) is 0.148. The maximum Gasteiger partial charge on any atom is 0.162 e. The highest BCUT2D eigenvalue weighted by atomic mass is 16.5. The first-order valence-electron chi connectivity index (χ1n) is 11.1. The predicted octanol–water partition coefficient (Wildman–Crippen LogP) is 6.23. The van der Waals surface area contributed by atoms with Crippen LogP contribution >= 0.6 is 0 Å². The Morgan fingerprint density at radius 3 is 2.58 bits per heavy atom. The van der Waals surface area contributed by atoms with E-state index in [9.17, 15) is 0 Å². The first-order valence-corrected chi connectivity index (χ1v) is 11.1. The monoisotopic (exact) mass is 435 g/mol. The molecule has 1 N–H and O–H groups in total. The molecule has 3 aromatic carbocycles. The van der Waals surface area contributed by atoms with E-state index in [1.165, 1.54) is 5.56 Å². The third-order valence-corrected chi connectivity index (χ3v) is 5.34. The van der Waals surface area contributed by atoms with E-state index in [-0.39, 0.29) is 0 Å². The third-order valence-electron chi connectivity index (χ3n) is 5.34. The third kappa shape index (κ3) is 4.70. The number of ether oxygens (including phenoxy) is 1. The van der Waals surface area contributed by atoms with Crippen molar-refractivity contribution in [3.63, 3.8) is 0 Å². The Labute approximate surface area is 192 Å². The van der Waals surface area contributed by atoms with Gasteiger partial charge in [-0.25, -0.2) is 14.6 Å². The lowest BCUT2D eigenvalue weighted by atomic mass is 10.2. The molecule has 164 valence electrons. The number of anilines is 2. The summed E-state index contributed by atoms with van der Waals surface area (Å²) in [7, 11) is 0. The summed E-state index contributed by atoms with van der Waals surface area (Å²) < 4.78 is 7.14. The molecule has 1 aliphatic rings. The number of aryl methyl sites for hydroxylation is 1. The van der Waals surface area contributed by atoms with E-state index in [1.54, 1.807) is 6.20 Å². The van der Waals surface area contributed by atoms with Gasteiger partial charge >= 0.3 is 0 Å². The Bertz CT molecular complexity index is 1340. The van der Waals surface area contributed by atoms with Crippen LogP contribution in [0.1, 0.15) is 18.9 Å². The van der Waals surface area contributed by atoms with Gasteiger partial charge in [-0.05, 0) is 36.2 Å². The normalized spacial score (nSPS) is 11.5. The van der Waals surface area contributed by atoms with Crippen molar-refractivity contribution in [2.24, 2.45) is 0 Å². The van der Waals surface area contributed by atoms with Gasteiger partial charge in [0.1, 0.15) is 24.0 Å². The second-order valence-corrected chi connectivity index (χ2v) is 7.78. The minimum absolute atomic E-state index is 0.711. The number of aromatic nitrogens is 4. The lowest BCUT2D eigenvalue weighted by Crippen LogP contribution is -2.06. The van der Waals surface area contributed by atoms with Crippen LogP contribution in [0.25, 0.3) is 22.3 Å². The van der Waals surface area contributed by atoms with Crippen molar-refractivity contribution in [3.05, 3.63) is 96.7 Å². The van der Waals surface area contributed by atoms with Crippen molar-refractivity contribution >= 4 is 22.5 Å². The number of nitrogens with one attached hydrogen (secondary N) is 1. The molecule has 0 atom stereocenters. The van der Waals surface area contributed by atoms with Crippen molar-refractivity contribution in [1.29, 1.82) is 0 Å². The second-order valence-electron chi connectivity index (χ2n) is 7.78. The van der Waals surface area contributed by atoms with Crippen molar-refractivity contribution in [3.8, 4) is 17.1 Å². The molecule has 0 amide bonds. The summed E-state index contributed by atoms with van der Waals surface area (Å²) in [6.07, 6.45) is 2.83. The van der Waals surface area contributed by atoms with Gasteiger partial charge in [-0.1, -0.05) is 61.5 Å². The molecule has 6 nitrogen and oxygen atoms in total. The van der Waals surface area contributed by atoms with Crippen molar-refractivity contribution in [1.82, 2.24) is 19.7 Å². The molecule has 2 aromatic heterocycles. The van der Waals surface area contributed by atoms with E-state index in [2.05, 4.69) is 29.5 Å². The van der Waals surface area contributed by atoms with E-state index in [4.69, 9.17) is 14.7 Å². The Morgan fingerprint density at radius 1 is 0.909 bits per heavy atom. The highest BCUT2D eigenvalue weighted by molar-refractivity contribution is 5.91. The highest BCUT2D eigenvalue weighted by Crippen LogP contribution is 2.27. The van der Waals surface area contributed by atoms with Gasteiger partial charge in [0.05, 0.1) is 11.7 Å². The SMILES string of the molecule is CCCn1nccc1Nc1nc(-c2ccccc2)nc2ccccc12.c1cc2cc(c1)OC2. The van der Waals surface area contributed by atoms with Gasteiger partial charge in [-0.3, -0.25) is 0 Å². The molecule has 0 saturated carbocycles. The van der Waals surface area contributed by atoms with Crippen LogP contribution < -0.4 is 10.1 Å². The van der Waals surface area contributed by atoms with Crippen LogP contribution in [-0.2, 0) is 13.2 Å². The minimum Gasteiger partial charge on any atom is -0.489 e. The van der Waals surface area contributed by atoms with Crippen LogP contribution in [0.5, 0.6) is 5.75 Å². The number of benzene rings is 3. The molecular weight excluding hydrogens is 410 g/mol. The molecule has 0 radical (unpaired) electrons. The predicted molar refractivity (Wildman–Crippen MR) is 132 cm³/mol. The van der Waals surface area contributed by atoms with E-state index in [0.717, 1.165) is 53.4 Å². The molecule has 0 spiro atoms. The zero-order chi connectivity index (χ0) is 22.5. The number of hydrogen-bond acceptors (Lipinski definition) is 5. The van der Waals surface area contributed by atoms with Gasteiger partial charge in [-0.15, -0.1) is 0 Å². The average Bonchev–Trinajstić information content (AvgIpc) is 3.45. The largest absolute Gasteiger partial charge is 0.489 e. The number of nitrogens with zero attached hydrogens (tertiary/aromatic N) is 4. The van der Waals surface area contributed by atoms with Crippen LogP contribution in [0, 0.1) is 0 Å². The molecule has 0 aliphatic carbocycles. The van der Waals surface area contributed by atoms with Crippen LogP contribution in [0.15, 0.2) is 91.1 Å². The van der Waals surface area contributed by atoms with Crippen molar-refractivity contribution < 1.29 is 4.74 Å². The van der Waals surface area contributed by atoms with Crippen LogP contribution in [-0.4, -0.2) is 19.7 Å². The summed E-state index contributed by atoms with van der Waals surface area (Å²) >= 11 is 0. The first kappa shape index (κ1) is 20.7. The van der Waals surface area contributed by atoms with Gasteiger partial charge in [0.15, 0.2) is 5.82 Å². The highest BCUT2D eigenvalue weighted by Gasteiger charge is 2.11. The van der Waals surface area contributed by atoms with E-state index in [0.29, 0.717) is 5.82 Å². The van der Waals surface area contributed by atoms with Crippen LogP contribution in [0.2, 0.25) is 0 Å². The van der Waals surface area contributed by atoms with E-state index in [1.807, 2.05) is 77.5 Å². The number of rotatable bonds is 5. The summed E-state index contributed by atoms with van der Waals surface area (Å²) in [5.41, 5.74) is 3.20. The Balaban J connectivity index is 0.000000238. The molecule has 3 heterocycles. The van der Waals surface area contributed by atoms with Crippen LogP contribution in [0.3, 0.4) is 0 Å². The smallest absolute Gasteiger partial charge is 0.162 e. The maximum absolute atomic E-state index is 5.18. The van der Waals surface area contributed by atoms with Gasteiger partial charge in [0.2, 0.25) is 0 Å². The topological polar surface area (TPSA) is 64.9 Å². The summed E-state index contributed by atoms with van der Waals surface area (Å²) in [5, 5.41) is 8.81. The van der Waals surface area contributed by atoms with Gasteiger partial charge in [0.25, 0.3) is 0 Å². The molecule has 0 unspecified atom stereocenters. The quantitative estimate of drug-likeness (QED) is 0.355. The van der Waals surface area contributed by atoms with E-state index < -0.39 is 0 Å². The molecule has 2 bridgehead atoms. The molecule has 0 fully saturated rings. The first-order chi connectivity index (χ1) is 16.3. The summed E-state index contributed by atoms with van der Waals surface area (Å²) in [6, 6.07) is 28.1. The van der Waals surface area contributed by atoms with Gasteiger partial charge in [-0.2, -0.15) is 5.10 Å². The fourth-order valence-corrected chi connectivity index (χ4v) is 3.73. The lowest BCUT2D eigenvalue weighted by molar-refractivity contribution is 0.328. The standard InChI is InChI=1S/C20H19N5.C7H6O/c1-2-14-25-18(12-13-21-25)23-20-16-10-6-7-11-17(16)22-19(24-20)15-8-4-3-5-9-15;1-2-6-4-7(3-1)8-5-6/h3-13H,2,14H2,1H3,(H,22,23,24);1-4H,5H2. The number of para-hydroxylation sites is 1. The van der Waals surface area contributed by atoms with Crippen molar-refractivity contribution in [2.75, 3.05) is 5.32 Å². The lowest BCUT2D eigenvalue weighted by Gasteiger charge is -2.12. The number of fused-ring (bicyclic) bond motifs is 3. The second kappa shape index (κ2) is 9.53. The molecule has 1 aliphatic heterocycles. The van der Waals surface area contributed by atoms with E-state index >= 15 is 0 Å². The zero-order valence-electron chi connectivity index (χ0n) is 18.5. The molecule has 5 aromatic rings. The van der Waals surface area contributed by atoms with Gasteiger partial charge in [0, 0.05) is 23.6 Å². The molecule has 6 rings (SSSR count). The maximum atomic E-state index is 5.18. The zero-order valence-corrected chi connectivity index (χ0v) is 18.5. The number of hydrogen-bond donors (Lipinski definition) is 1. The Morgan fingerprint density at radius 2 is 1.76 bits per heavy atom. The summed E-state index contributed by atoms with van der Waals surface area (Å²) in [5.74, 6) is 3.44. The fourth-order valence-electron chi connectivity index (χ4n) is 3.73. The van der Waals surface area contributed by atoms with Gasteiger partial charge < -0.3 is 10.1 Å². The van der Waals surface area contributed by atoms with Crippen LogP contribution in [0.4, 0.5) is 11.6 Å². The Kier molecular flexibility index (Phi) is 5.97. The van der Waals surface area contributed by atoms with Crippen molar-refractivity contribution in [2.45, 2.75) is 26.5 Å². The summed E-state index contributed by atoms with van der Waals surface area (Å²) in [6.45, 7) is 3.77.